The summed E-state index contributed by atoms with van der Waals surface area (Å²) < 4.78 is 29.6. The van der Waals surface area contributed by atoms with Gasteiger partial charge < -0.3 is 14.8 Å². The number of ether oxygens (including phenoxy) is 1. The number of halogens is 1. The molecule has 0 fully saturated rings. The first-order chi connectivity index (χ1) is 17.6. The zero-order valence-corrected chi connectivity index (χ0v) is 21.8. The molecule has 3 aromatic carbocycles. The zero-order valence-electron chi connectivity index (χ0n) is 20.3. The molecule has 10 heteroatoms. The SMILES string of the molecule is COC(=O)/C=C/c1cccc(C(=Nc2ccc(N(C)S(C)(=O)=O)cc2)c2c(O)[nH]c3cc(Cl)ccc23)c1. The molecule has 0 bridgehead atoms. The van der Waals surface area contributed by atoms with Gasteiger partial charge in [-0.05, 0) is 54.1 Å². The highest BCUT2D eigenvalue weighted by atomic mass is 35.5. The number of aromatic amines is 1. The van der Waals surface area contributed by atoms with Gasteiger partial charge in [-0.3, -0.25) is 4.31 Å². The van der Waals surface area contributed by atoms with Gasteiger partial charge in [0, 0.05) is 29.1 Å². The van der Waals surface area contributed by atoms with E-state index in [9.17, 15) is 18.3 Å². The van der Waals surface area contributed by atoms with E-state index >= 15 is 0 Å². The molecule has 0 saturated carbocycles. The molecule has 1 aromatic heterocycles. The summed E-state index contributed by atoms with van der Waals surface area (Å²) in [4.78, 5) is 19.4. The van der Waals surface area contributed by atoms with Gasteiger partial charge in [0.2, 0.25) is 10.0 Å². The first-order valence-electron chi connectivity index (χ1n) is 11.1. The van der Waals surface area contributed by atoms with E-state index in [1.807, 2.05) is 24.3 Å². The fraction of sp³-hybridized carbons (Fsp3) is 0.111. The lowest BCUT2D eigenvalue weighted by Crippen LogP contribution is -2.24. The number of aromatic nitrogens is 1. The van der Waals surface area contributed by atoms with Crippen molar-refractivity contribution in [3.8, 4) is 5.88 Å². The Morgan fingerprint density at radius 1 is 1.11 bits per heavy atom. The minimum Gasteiger partial charge on any atom is -0.494 e. The van der Waals surface area contributed by atoms with Crippen LogP contribution in [-0.4, -0.2) is 50.6 Å². The van der Waals surface area contributed by atoms with E-state index in [0.717, 1.165) is 11.8 Å². The van der Waals surface area contributed by atoms with Crippen molar-refractivity contribution in [1.29, 1.82) is 0 Å². The summed E-state index contributed by atoms with van der Waals surface area (Å²) >= 11 is 6.15. The van der Waals surface area contributed by atoms with Crippen LogP contribution in [0.4, 0.5) is 11.4 Å². The van der Waals surface area contributed by atoms with Gasteiger partial charge in [-0.1, -0.05) is 35.9 Å². The van der Waals surface area contributed by atoms with Crippen LogP contribution in [0, 0.1) is 0 Å². The highest BCUT2D eigenvalue weighted by Crippen LogP contribution is 2.33. The Hall–Kier alpha value is -4.08. The van der Waals surface area contributed by atoms with Crippen molar-refractivity contribution in [2.24, 2.45) is 4.99 Å². The monoisotopic (exact) mass is 537 g/mol. The summed E-state index contributed by atoms with van der Waals surface area (Å²) in [5.41, 5.74) is 4.00. The predicted molar refractivity (Wildman–Crippen MR) is 147 cm³/mol. The molecule has 0 amide bonds. The van der Waals surface area contributed by atoms with Crippen molar-refractivity contribution < 1.29 is 23.1 Å². The molecule has 0 radical (unpaired) electrons. The summed E-state index contributed by atoms with van der Waals surface area (Å²) in [6.45, 7) is 0. The van der Waals surface area contributed by atoms with E-state index < -0.39 is 16.0 Å². The number of aliphatic imine (C=N–C) groups is 1. The number of esters is 1. The molecule has 0 spiro atoms. The molecule has 0 aliphatic heterocycles. The van der Waals surface area contributed by atoms with Crippen molar-refractivity contribution in [2.45, 2.75) is 0 Å². The number of nitrogens with one attached hydrogen (secondary N) is 1. The van der Waals surface area contributed by atoms with Gasteiger partial charge in [-0.15, -0.1) is 0 Å². The Morgan fingerprint density at radius 3 is 2.51 bits per heavy atom. The second-order valence-electron chi connectivity index (χ2n) is 8.23. The molecule has 0 saturated heterocycles. The quantitative estimate of drug-likeness (QED) is 0.189. The second-order valence-corrected chi connectivity index (χ2v) is 10.7. The van der Waals surface area contributed by atoms with Gasteiger partial charge in [0.05, 0.1) is 41.5 Å². The molecular formula is C27H24ClN3O5S. The molecule has 37 heavy (non-hydrogen) atoms. The Bertz CT molecular complexity index is 1640. The molecule has 0 atom stereocenters. The van der Waals surface area contributed by atoms with Crippen LogP contribution in [0.1, 0.15) is 16.7 Å². The number of hydrogen-bond donors (Lipinski definition) is 2. The third kappa shape index (κ3) is 5.84. The van der Waals surface area contributed by atoms with Crippen LogP contribution < -0.4 is 4.31 Å². The number of sulfonamides is 1. The maximum atomic E-state index is 11.9. The number of H-pyrrole nitrogens is 1. The smallest absolute Gasteiger partial charge is 0.330 e. The van der Waals surface area contributed by atoms with Crippen LogP contribution in [0.2, 0.25) is 5.02 Å². The van der Waals surface area contributed by atoms with Crippen molar-refractivity contribution in [2.75, 3.05) is 24.7 Å². The van der Waals surface area contributed by atoms with Gasteiger partial charge in [0.25, 0.3) is 0 Å². The Kier molecular flexibility index (Phi) is 7.37. The summed E-state index contributed by atoms with van der Waals surface area (Å²) in [5.74, 6) is -0.565. The molecule has 0 aliphatic rings. The maximum absolute atomic E-state index is 11.9. The van der Waals surface area contributed by atoms with Crippen LogP contribution in [0.3, 0.4) is 0 Å². The highest BCUT2D eigenvalue weighted by molar-refractivity contribution is 7.92. The molecule has 8 nitrogen and oxygen atoms in total. The summed E-state index contributed by atoms with van der Waals surface area (Å²) in [7, 11) is -0.634. The predicted octanol–water partition coefficient (Wildman–Crippen LogP) is 5.28. The van der Waals surface area contributed by atoms with E-state index in [1.165, 1.54) is 24.5 Å². The van der Waals surface area contributed by atoms with Crippen LogP contribution in [0.15, 0.2) is 77.8 Å². The average molecular weight is 538 g/mol. The topological polar surface area (TPSA) is 112 Å². The lowest BCUT2D eigenvalue weighted by Gasteiger charge is -2.16. The fourth-order valence-electron chi connectivity index (χ4n) is 3.74. The van der Waals surface area contributed by atoms with Crippen molar-refractivity contribution in [3.05, 3.63) is 94.5 Å². The number of carbonyl (C=O) groups is 1. The number of rotatable bonds is 7. The number of nitrogens with zero attached hydrogens (tertiary/aromatic N) is 2. The maximum Gasteiger partial charge on any atom is 0.330 e. The number of aromatic hydroxyl groups is 1. The average Bonchev–Trinajstić information content (AvgIpc) is 3.19. The minimum atomic E-state index is -3.41. The first-order valence-corrected chi connectivity index (χ1v) is 13.3. The van der Waals surface area contributed by atoms with Crippen LogP contribution in [0.5, 0.6) is 5.88 Å². The van der Waals surface area contributed by atoms with Gasteiger partial charge >= 0.3 is 5.97 Å². The summed E-state index contributed by atoms with van der Waals surface area (Å²) in [6, 6.07) is 19.2. The number of methoxy groups -OCH3 is 1. The van der Waals surface area contributed by atoms with Crippen molar-refractivity contribution in [3.63, 3.8) is 0 Å². The van der Waals surface area contributed by atoms with Crippen LogP contribution >= 0.6 is 11.6 Å². The van der Waals surface area contributed by atoms with Crippen LogP contribution in [-0.2, 0) is 19.6 Å². The lowest BCUT2D eigenvalue weighted by atomic mass is 9.99. The first kappa shape index (κ1) is 26.0. The molecule has 4 rings (SSSR count). The summed E-state index contributed by atoms with van der Waals surface area (Å²) in [5, 5.41) is 12.1. The Morgan fingerprint density at radius 2 is 1.84 bits per heavy atom. The number of fused-ring (bicyclic) bond motifs is 1. The second kappa shape index (κ2) is 10.5. The van der Waals surface area contributed by atoms with Gasteiger partial charge in [-0.25, -0.2) is 18.2 Å². The number of carbonyl (C=O) groups excluding carboxylic acids is 1. The van der Waals surface area contributed by atoms with Gasteiger partial charge in [0.15, 0.2) is 5.88 Å². The van der Waals surface area contributed by atoms with E-state index in [1.54, 1.807) is 48.5 Å². The highest BCUT2D eigenvalue weighted by Gasteiger charge is 2.19. The van der Waals surface area contributed by atoms with Gasteiger partial charge in [-0.2, -0.15) is 0 Å². The lowest BCUT2D eigenvalue weighted by molar-refractivity contribution is -0.134. The number of benzene rings is 3. The summed E-state index contributed by atoms with van der Waals surface area (Å²) in [6.07, 6.45) is 4.07. The standard InChI is InChI=1S/C27H24ClN3O5S/c1-31(37(3,34)35)21-11-9-20(10-12-21)29-26(18-6-4-5-17(15-18)7-14-24(32)36-2)25-22-13-8-19(28)16-23(22)30-27(25)33/h4-16,30,33H,1-3H3/b14-7+,29-26?. The third-order valence-corrected chi connectivity index (χ3v) is 7.14. The molecule has 2 N–H and O–H groups in total. The Balaban J connectivity index is 1.87. The molecule has 1 heterocycles. The minimum absolute atomic E-state index is 0.0834. The Labute approximate surface area is 219 Å². The number of hydrogen-bond acceptors (Lipinski definition) is 6. The molecule has 190 valence electrons. The zero-order chi connectivity index (χ0) is 26.7. The van der Waals surface area contributed by atoms with Crippen LogP contribution in [0.25, 0.3) is 17.0 Å². The molecule has 4 aromatic rings. The number of anilines is 1. The van der Waals surface area contributed by atoms with E-state index in [2.05, 4.69) is 9.72 Å². The van der Waals surface area contributed by atoms with Crippen molar-refractivity contribution in [1.82, 2.24) is 4.98 Å². The van der Waals surface area contributed by atoms with E-state index in [-0.39, 0.29) is 5.88 Å². The van der Waals surface area contributed by atoms with Crippen molar-refractivity contribution >= 4 is 61.7 Å². The molecular weight excluding hydrogens is 514 g/mol. The molecule has 0 unspecified atom stereocenters. The van der Waals surface area contributed by atoms with E-state index in [0.29, 0.717) is 44.1 Å². The third-order valence-electron chi connectivity index (χ3n) is 5.70. The fourth-order valence-corrected chi connectivity index (χ4v) is 4.42. The van der Waals surface area contributed by atoms with Gasteiger partial charge in [0.1, 0.15) is 0 Å². The normalized spacial score (nSPS) is 12.3. The molecule has 0 aliphatic carbocycles. The largest absolute Gasteiger partial charge is 0.494 e. The van der Waals surface area contributed by atoms with E-state index in [4.69, 9.17) is 16.6 Å².